The van der Waals surface area contributed by atoms with Gasteiger partial charge in [-0.3, -0.25) is 0 Å². The minimum absolute atomic E-state index is 0.0218. The number of nitrogens with two attached hydrogens (primary N) is 1. The van der Waals surface area contributed by atoms with Crippen molar-refractivity contribution in [3.05, 3.63) is 29.6 Å². The normalized spacial score (nSPS) is 21.7. The third-order valence-corrected chi connectivity index (χ3v) is 5.44. The first-order valence-electron chi connectivity index (χ1n) is 6.32. The standard InChI is InChI=1S/C12H16F3N3O2S/c1-17-2-3-18(9(6-16)7-17)21(19,20)12-10(14)4-8(13)5-11(12)15/h4-5,9H,2-3,6-7,16H2,1H3. The second-order valence-corrected chi connectivity index (χ2v) is 6.79. The third kappa shape index (κ3) is 3.05. The maximum atomic E-state index is 13.7. The lowest BCUT2D eigenvalue weighted by Crippen LogP contribution is -2.56. The number of nitrogens with zero attached hydrogens (tertiary/aromatic N) is 2. The number of hydrogen-bond donors (Lipinski definition) is 1. The lowest BCUT2D eigenvalue weighted by molar-refractivity contribution is 0.163. The molecule has 1 atom stereocenters. The number of benzene rings is 1. The highest BCUT2D eigenvalue weighted by atomic mass is 32.2. The summed E-state index contributed by atoms with van der Waals surface area (Å²) in [6.45, 7) is 0.866. The Balaban J connectivity index is 2.47. The van der Waals surface area contributed by atoms with Crippen molar-refractivity contribution in [2.24, 2.45) is 5.73 Å². The van der Waals surface area contributed by atoms with Crippen molar-refractivity contribution in [1.29, 1.82) is 0 Å². The number of hydrogen-bond acceptors (Lipinski definition) is 4. The molecule has 0 spiro atoms. The average molecular weight is 323 g/mol. The topological polar surface area (TPSA) is 66.6 Å². The first kappa shape index (κ1) is 16.2. The Labute approximate surface area is 121 Å². The zero-order valence-electron chi connectivity index (χ0n) is 11.4. The predicted molar refractivity (Wildman–Crippen MR) is 70.5 cm³/mol. The monoisotopic (exact) mass is 323 g/mol. The fraction of sp³-hybridized carbons (Fsp3) is 0.500. The van der Waals surface area contributed by atoms with Gasteiger partial charge in [-0.25, -0.2) is 21.6 Å². The minimum Gasteiger partial charge on any atom is -0.329 e. The molecule has 21 heavy (non-hydrogen) atoms. The van der Waals surface area contributed by atoms with Gasteiger partial charge in [0.25, 0.3) is 0 Å². The van der Waals surface area contributed by atoms with Crippen LogP contribution in [0.25, 0.3) is 0 Å². The Morgan fingerprint density at radius 2 is 1.81 bits per heavy atom. The van der Waals surface area contributed by atoms with E-state index in [2.05, 4.69) is 0 Å². The molecule has 5 nitrogen and oxygen atoms in total. The zero-order valence-corrected chi connectivity index (χ0v) is 12.2. The van der Waals surface area contributed by atoms with Gasteiger partial charge in [0.15, 0.2) is 4.90 Å². The SMILES string of the molecule is CN1CCN(S(=O)(=O)c2c(F)cc(F)cc2F)C(CN)C1. The first-order chi connectivity index (χ1) is 9.77. The van der Waals surface area contributed by atoms with E-state index in [-0.39, 0.29) is 13.1 Å². The van der Waals surface area contributed by atoms with Crippen molar-refractivity contribution in [2.45, 2.75) is 10.9 Å². The largest absolute Gasteiger partial charge is 0.329 e. The predicted octanol–water partition coefficient (Wildman–Crippen LogP) is 0.367. The number of rotatable bonds is 3. The van der Waals surface area contributed by atoms with Crippen LogP contribution in [-0.2, 0) is 10.0 Å². The van der Waals surface area contributed by atoms with E-state index in [0.29, 0.717) is 25.2 Å². The van der Waals surface area contributed by atoms with E-state index < -0.39 is 38.4 Å². The van der Waals surface area contributed by atoms with Gasteiger partial charge in [0.05, 0.1) is 6.04 Å². The van der Waals surface area contributed by atoms with E-state index >= 15 is 0 Å². The highest BCUT2D eigenvalue weighted by Gasteiger charge is 2.38. The van der Waals surface area contributed by atoms with Crippen LogP contribution in [0.5, 0.6) is 0 Å². The van der Waals surface area contributed by atoms with Gasteiger partial charge in [0.2, 0.25) is 10.0 Å². The molecule has 1 fully saturated rings. The van der Waals surface area contributed by atoms with Gasteiger partial charge < -0.3 is 10.6 Å². The molecule has 118 valence electrons. The number of sulfonamides is 1. The number of likely N-dealkylation sites (N-methyl/N-ethyl adjacent to an activating group) is 1. The Morgan fingerprint density at radius 3 is 2.33 bits per heavy atom. The van der Waals surface area contributed by atoms with Crippen molar-refractivity contribution in [3.63, 3.8) is 0 Å². The highest BCUT2D eigenvalue weighted by Crippen LogP contribution is 2.26. The van der Waals surface area contributed by atoms with Gasteiger partial charge in [-0.1, -0.05) is 0 Å². The number of piperazine rings is 1. The smallest absolute Gasteiger partial charge is 0.249 e. The Bertz CT molecular complexity index is 616. The number of halogens is 3. The first-order valence-corrected chi connectivity index (χ1v) is 7.76. The van der Waals surface area contributed by atoms with Crippen LogP contribution in [0.15, 0.2) is 17.0 Å². The molecule has 1 unspecified atom stereocenters. The molecule has 0 saturated carbocycles. The molecule has 0 amide bonds. The zero-order chi connectivity index (χ0) is 15.8. The molecule has 2 N–H and O–H groups in total. The van der Waals surface area contributed by atoms with Crippen LogP contribution in [0, 0.1) is 17.5 Å². The van der Waals surface area contributed by atoms with Gasteiger partial charge in [0, 0.05) is 38.3 Å². The van der Waals surface area contributed by atoms with Crippen molar-refractivity contribution in [2.75, 3.05) is 33.2 Å². The molecular weight excluding hydrogens is 307 g/mol. The van der Waals surface area contributed by atoms with Crippen molar-refractivity contribution in [3.8, 4) is 0 Å². The van der Waals surface area contributed by atoms with E-state index in [0.717, 1.165) is 4.31 Å². The Morgan fingerprint density at radius 1 is 1.24 bits per heavy atom. The Hall–Kier alpha value is -1.16. The van der Waals surface area contributed by atoms with Crippen LogP contribution < -0.4 is 5.73 Å². The van der Waals surface area contributed by atoms with E-state index in [1.807, 2.05) is 4.90 Å². The van der Waals surface area contributed by atoms with Crippen LogP contribution in [0.4, 0.5) is 13.2 Å². The van der Waals surface area contributed by atoms with Crippen LogP contribution in [0.3, 0.4) is 0 Å². The summed E-state index contributed by atoms with van der Waals surface area (Å²) in [5, 5.41) is 0. The summed E-state index contributed by atoms with van der Waals surface area (Å²) in [6, 6.07) is 0.116. The van der Waals surface area contributed by atoms with E-state index in [9.17, 15) is 21.6 Å². The van der Waals surface area contributed by atoms with Gasteiger partial charge in [0.1, 0.15) is 17.5 Å². The van der Waals surface area contributed by atoms with Crippen LogP contribution in [-0.4, -0.2) is 56.9 Å². The maximum Gasteiger partial charge on any atom is 0.249 e. The van der Waals surface area contributed by atoms with Gasteiger partial charge in [-0.15, -0.1) is 0 Å². The van der Waals surface area contributed by atoms with E-state index in [4.69, 9.17) is 5.73 Å². The highest BCUT2D eigenvalue weighted by molar-refractivity contribution is 7.89. The van der Waals surface area contributed by atoms with Gasteiger partial charge >= 0.3 is 0 Å². The molecule has 1 aromatic carbocycles. The lowest BCUT2D eigenvalue weighted by Gasteiger charge is -2.38. The lowest BCUT2D eigenvalue weighted by atomic mass is 10.2. The molecule has 0 radical (unpaired) electrons. The van der Waals surface area contributed by atoms with Crippen molar-refractivity contribution >= 4 is 10.0 Å². The second kappa shape index (κ2) is 5.91. The fourth-order valence-corrected chi connectivity index (χ4v) is 4.11. The molecule has 0 aromatic heterocycles. The van der Waals surface area contributed by atoms with Crippen molar-refractivity contribution < 1.29 is 21.6 Å². The summed E-state index contributed by atoms with van der Waals surface area (Å²) in [5.74, 6) is -4.05. The summed E-state index contributed by atoms with van der Waals surface area (Å²) < 4.78 is 66.3. The summed E-state index contributed by atoms with van der Waals surface area (Å²) in [6.07, 6.45) is 0. The molecule has 1 aliphatic heterocycles. The molecule has 1 saturated heterocycles. The molecule has 1 aromatic rings. The molecule has 1 heterocycles. The molecule has 2 rings (SSSR count). The molecule has 0 bridgehead atoms. The van der Waals surface area contributed by atoms with E-state index in [1.165, 1.54) is 0 Å². The molecule has 1 aliphatic rings. The summed E-state index contributed by atoms with van der Waals surface area (Å²) >= 11 is 0. The Kier molecular flexibility index (Phi) is 4.57. The maximum absolute atomic E-state index is 13.7. The van der Waals surface area contributed by atoms with Crippen LogP contribution in [0.2, 0.25) is 0 Å². The average Bonchev–Trinajstić information content (AvgIpc) is 2.36. The van der Waals surface area contributed by atoms with Crippen LogP contribution in [0.1, 0.15) is 0 Å². The van der Waals surface area contributed by atoms with Crippen molar-refractivity contribution in [1.82, 2.24) is 9.21 Å². The second-order valence-electron chi connectivity index (χ2n) is 4.97. The van der Waals surface area contributed by atoms with Gasteiger partial charge in [-0.2, -0.15) is 4.31 Å². The summed E-state index contributed by atoms with van der Waals surface area (Å²) in [5.41, 5.74) is 5.55. The molecular formula is C12H16F3N3O2S. The van der Waals surface area contributed by atoms with Gasteiger partial charge in [-0.05, 0) is 7.05 Å². The third-order valence-electron chi connectivity index (χ3n) is 3.43. The quantitative estimate of drug-likeness (QED) is 0.873. The summed E-state index contributed by atoms with van der Waals surface area (Å²) in [7, 11) is -2.62. The summed E-state index contributed by atoms with van der Waals surface area (Å²) in [4.78, 5) is 0.743. The van der Waals surface area contributed by atoms with E-state index in [1.54, 1.807) is 7.05 Å². The van der Waals surface area contributed by atoms with Crippen LogP contribution >= 0.6 is 0 Å². The minimum atomic E-state index is -4.41. The molecule has 0 aliphatic carbocycles. The molecule has 9 heteroatoms. The fourth-order valence-electron chi connectivity index (χ4n) is 2.40.